The molecule has 6 aromatic rings. The number of esters is 1. The predicted molar refractivity (Wildman–Crippen MR) is 198 cm³/mol. The van der Waals surface area contributed by atoms with Crippen molar-refractivity contribution in [3.8, 4) is 22.5 Å². The van der Waals surface area contributed by atoms with E-state index in [0.717, 1.165) is 27.9 Å². The first-order valence-electron chi connectivity index (χ1n) is 18.0. The van der Waals surface area contributed by atoms with Gasteiger partial charge in [0.1, 0.15) is 23.7 Å². The van der Waals surface area contributed by atoms with Crippen LogP contribution in [0.15, 0.2) is 86.4 Å². The number of aliphatic hydroxyl groups is 1. The molecule has 0 radical (unpaired) electrons. The van der Waals surface area contributed by atoms with Crippen molar-refractivity contribution in [3.05, 3.63) is 129 Å². The summed E-state index contributed by atoms with van der Waals surface area (Å²) in [6, 6.07) is 21.9. The predicted octanol–water partition coefficient (Wildman–Crippen LogP) is 5.47. The topological polar surface area (TPSA) is 240 Å². The zero-order valence-electron chi connectivity index (χ0n) is 32.0. The molecule has 0 bridgehead atoms. The fourth-order valence-corrected chi connectivity index (χ4v) is 5.99. The zero-order valence-corrected chi connectivity index (χ0v) is 32.0. The van der Waals surface area contributed by atoms with Gasteiger partial charge in [-0.05, 0) is 60.2 Å². The third-order valence-electron chi connectivity index (χ3n) is 8.79. The maximum absolute atomic E-state index is 13.6. The molecule has 0 fully saturated rings. The molecular formula is C39H41N7O12. The van der Waals surface area contributed by atoms with Gasteiger partial charge in [0, 0.05) is 18.5 Å². The number of carbonyl (C=O) groups is 2. The highest BCUT2D eigenvalue weighted by atomic mass is 17.1. The summed E-state index contributed by atoms with van der Waals surface area (Å²) in [5.41, 5.74) is 3.01. The van der Waals surface area contributed by atoms with Crippen LogP contribution in [0.1, 0.15) is 77.4 Å². The van der Waals surface area contributed by atoms with Crippen LogP contribution in [0.2, 0.25) is 0 Å². The van der Waals surface area contributed by atoms with Crippen molar-refractivity contribution in [1.29, 1.82) is 0 Å². The van der Waals surface area contributed by atoms with Gasteiger partial charge in [0.15, 0.2) is 23.8 Å². The highest BCUT2D eigenvalue weighted by Crippen LogP contribution is 2.31. The molecule has 0 atom stereocenters. The summed E-state index contributed by atoms with van der Waals surface area (Å²) in [5, 5.41) is 40.9. The van der Waals surface area contributed by atoms with Crippen LogP contribution >= 0.6 is 0 Å². The SMILES string of the molecule is CCCc1nc(C(C)(C)O)c(C(=O)OCc2oc(=O)oc2C)n1Cc1ccc(-c2ccccc2-c2nnn(COC(=O)OCc3ccccc3CON(O)O)n2)cc1. The molecule has 19 nitrogen and oxygen atoms in total. The fourth-order valence-electron chi connectivity index (χ4n) is 5.99. The molecule has 0 unspecified atom stereocenters. The van der Waals surface area contributed by atoms with E-state index in [-0.39, 0.29) is 61.8 Å². The van der Waals surface area contributed by atoms with Crippen LogP contribution in [0, 0.1) is 6.92 Å². The Hall–Kier alpha value is -6.51. The number of ether oxygens (including phenoxy) is 3. The van der Waals surface area contributed by atoms with Crippen molar-refractivity contribution >= 4 is 12.1 Å². The summed E-state index contributed by atoms with van der Waals surface area (Å²) in [7, 11) is 0. The lowest BCUT2D eigenvalue weighted by molar-refractivity contribution is -0.497. The van der Waals surface area contributed by atoms with Crippen LogP contribution < -0.4 is 5.82 Å². The highest BCUT2D eigenvalue weighted by molar-refractivity contribution is 5.89. The Bertz CT molecular complexity index is 2410. The Morgan fingerprint density at radius 3 is 2.22 bits per heavy atom. The van der Waals surface area contributed by atoms with Crippen molar-refractivity contribution in [3.63, 3.8) is 0 Å². The van der Waals surface area contributed by atoms with Crippen LogP contribution in [-0.2, 0) is 64.2 Å². The first kappa shape index (κ1) is 41.1. The number of carbonyl (C=O) groups excluding carboxylic acids is 2. The Balaban J connectivity index is 1.15. The van der Waals surface area contributed by atoms with Gasteiger partial charge in [0.05, 0.1) is 12.0 Å². The number of aromatic nitrogens is 6. The van der Waals surface area contributed by atoms with Crippen LogP contribution in [0.4, 0.5) is 4.79 Å². The molecular weight excluding hydrogens is 758 g/mol. The van der Waals surface area contributed by atoms with Crippen LogP contribution in [0.25, 0.3) is 22.5 Å². The largest absolute Gasteiger partial charge is 0.519 e. The van der Waals surface area contributed by atoms with E-state index in [1.54, 1.807) is 42.7 Å². The molecule has 0 amide bonds. The molecule has 19 heteroatoms. The second-order valence-electron chi connectivity index (χ2n) is 13.5. The van der Waals surface area contributed by atoms with E-state index in [9.17, 15) is 19.5 Å². The first-order chi connectivity index (χ1) is 27.8. The summed E-state index contributed by atoms with van der Waals surface area (Å²) in [5.74, 6) is -0.515. The maximum Gasteiger partial charge on any atom is 0.519 e. The molecule has 0 saturated heterocycles. The summed E-state index contributed by atoms with van der Waals surface area (Å²) in [6.07, 6.45) is 0.266. The number of nitrogens with zero attached hydrogens (tertiary/aromatic N) is 7. The Morgan fingerprint density at radius 1 is 0.879 bits per heavy atom. The summed E-state index contributed by atoms with van der Waals surface area (Å²) in [6.45, 7) is 5.76. The molecule has 3 heterocycles. The second kappa shape index (κ2) is 18.2. The van der Waals surface area contributed by atoms with Crippen LogP contribution in [0.5, 0.6) is 0 Å². The smallest absolute Gasteiger partial charge is 0.453 e. The van der Waals surface area contributed by atoms with Crippen LogP contribution in [0.3, 0.4) is 0 Å². The number of imidazole rings is 1. The zero-order chi connectivity index (χ0) is 41.4. The molecule has 0 saturated carbocycles. The van der Waals surface area contributed by atoms with E-state index in [2.05, 4.69) is 25.2 Å². The van der Waals surface area contributed by atoms with Crippen molar-refractivity contribution in [2.45, 2.75) is 79.2 Å². The maximum atomic E-state index is 13.6. The van der Waals surface area contributed by atoms with Gasteiger partial charge < -0.3 is 32.7 Å². The fraction of sp³-hybridized carbons (Fsp3) is 0.308. The lowest BCUT2D eigenvalue weighted by atomic mass is 9.98. The van der Waals surface area contributed by atoms with E-state index in [1.165, 1.54) is 6.92 Å². The van der Waals surface area contributed by atoms with Crippen molar-refractivity contribution in [2.75, 3.05) is 0 Å². The van der Waals surface area contributed by atoms with Crippen molar-refractivity contribution in [1.82, 2.24) is 35.1 Å². The van der Waals surface area contributed by atoms with Gasteiger partial charge in [-0.1, -0.05) is 79.7 Å². The molecule has 3 aromatic carbocycles. The van der Waals surface area contributed by atoms with Gasteiger partial charge in [-0.15, -0.1) is 15.0 Å². The molecule has 304 valence electrons. The molecule has 6 rings (SSSR count). The minimum absolute atomic E-state index is 0.0774. The molecule has 58 heavy (non-hydrogen) atoms. The van der Waals surface area contributed by atoms with Gasteiger partial charge in [-0.25, -0.2) is 24.2 Å². The van der Waals surface area contributed by atoms with Gasteiger partial charge in [0.25, 0.3) is 0 Å². The van der Waals surface area contributed by atoms with Gasteiger partial charge in [-0.2, -0.15) is 0 Å². The molecule has 0 aliphatic rings. The number of hydrogen-bond donors (Lipinski definition) is 3. The van der Waals surface area contributed by atoms with E-state index in [1.807, 2.05) is 55.5 Å². The van der Waals surface area contributed by atoms with Gasteiger partial charge in [0.2, 0.25) is 12.6 Å². The third-order valence-corrected chi connectivity index (χ3v) is 8.79. The lowest BCUT2D eigenvalue weighted by Gasteiger charge is -2.17. The quantitative estimate of drug-likeness (QED) is 0.0766. The number of aryl methyl sites for hydroxylation is 2. The monoisotopic (exact) mass is 799 g/mol. The second-order valence-corrected chi connectivity index (χ2v) is 13.5. The first-order valence-corrected chi connectivity index (χ1v) is 18.0. The highest BCUT2D eigenvalue weighted by Gasteiger charge is 2.33. The standard InChI is InChI=1S/C39H41N7O12/c1-5-10-32-40-34(39(3,4)50)33(36(47)53-22-31-24(2)57-38(49)58-31)44(32)19-25-15-17-26(18-16-25)29-13-8-9-14-30(29)35-41-43-45(42-35)23-55-37(48)54-20-27-11-6-7-12-28(27)21-56-46(51)52/h6-9,11-18,50-52H,5,10,19-23H2,1-4H3. The minimum atomic E-state index is -1.48. The number of benzene rings is 3. The average Bonchev–Trinajstić information content (AvgIpc) is 3.91. The van der Waals surface area contributed by atoms with E-state index >= 15 is 0 Å². The Labute approximate surface area is 330 Å². The van der Waals surface area contributed by atoms with Crippen molar-refractivity contribution in [2.24, 2.45) is 0 Å². The summed E-state index contributed by atoms with van der Waals surface area (Å²) in [4.78, 5) is 47.9. The lowest BCUT2D eigenvalue weighted by Crippen LogP contribution is -2.23. The minimum Gasteiger partial charge on any atom is -0.453 e. The molecule has 0 aliphatic heterocycles. The summed E-state index contributed by atoms with van der Waals surface area (Å²) >= 11 is 0. The van der Waals surface area contributed by atoms with Gasteiger partial charge in [-0.3, -0.25) is 10.4 Å². The average molecular weight is 800 g/mol. The normalized spacial score (nSPS) is 11.6. The number of tetrazole rings is 1. The number of hydrogen-bond acceptors (Lipinski definition) is 17. The van der Waals surface area contributed by atoms with E-state index in [4.69, 9.17) is 33.5 Å². The summed E-state index contributed by atoms with van der Waals surface area (Å²) < 4.78 is 27.5. The van der Waals surface area contributed by atoms with E-state index in [0.29, 0.717) is 28.9 Å². The Morgan fingerprint density at radius 2 is 1.57 bits per heavy atom. The number of rotatable bonds is 17. The molecule has 3 N–H and O–H groups in total. The molecule has 0 spiro atoms. The van der Waals surface area contributed by atoms with Crippen molar-refractivity contribution < 1.29 is 53.0 Å². The van der Waals surface area contributed by atoms with Gasteiger partial charge >= 0.3 is 17.9 Å². The van der Waals surface area contributed by atoms with Crippen LogP contribution in [-0.4, -0.2) is 62.8 Å². The third kappa shape index (κ3) is 10.1. The molecule has 0 aliphatic carbocycles. The van der Waals surface area contributed by atoms with E-state index < -0.39 is 28.9 Å². The Kier molecular flexibility index (Phi) is 12.9. The molecule has 3 aromatic heterocycles.